The van der Waals surface area contributed by atoms with Crippen LogP contribution < -0.4 is 0 Å². The van der Waals surface area contributed by atoms with Gasteiger partial charge in [-0.15, -0.1) is 0 Å². The molecule has 0 aromatic carbocycles. The summed E-state index contributed by atoms with van der Waals surface area (Å²) in [7, 11) is 0. The number of aliphatic hydroxyl groups excluding tert-OH is 1. The second kappa shape index (κ2) is 5.26. The van der Waals surface area contributed by atoms with E-state index in [4.69, 9.17) is 5.11 Å². The number of hydrogen-bond donors (Lipinski definition) is 1. The van der Waals surface area contributed by atoms with Crippen molar-refractivity contribution in [1.29, 1.82) is 0 Å². The SMILES string of the molecule is CC(C)N1CC(C(=O)N2CCC(CO)C2)CC1=O. The van der Waals surface area contributed by atoms with Crippen LogP contribution >= 0.6 is 0 Å². The van der Waals surface area contributed by atoms with E-state index in [1.165, 1.54) is 0 Å². The predicted octanol–water partition coefficient (Wildman–Crippen LogP) is 0.0841. The maximum atomic E-state index is 12.3. The van der Waals surface area contributed by atoms with Crippen molar-refractivity contribution in [2.24, 2.45) is 11.8 Å². The molecule has 5 heteroatoms. The number of likely N-dealkylation sites (tertiary alicyclic amines) is 2. The van der Waals surface area contributed by atoms with Gasteiger partial charge in [-0.2, -0.15) is 0 Å². The summed E-state index contributed by atoms with van der Waals surface area (Å²) in [6, 6.07) is 0.166. The molecule has 2 atom stereocenters. The molecule has 2 unspecified atom stereocenters. The molecule has 0 saturated carbocycles. The number of amides is 2. The first-order chi connectivity index (χ1) is 8.52. The van der Waals surface area contributed by atoms with Gasteiger partial charge < -0.3 is 14.9 Å². The molecule has 18 heavy (non-hydrogen) atoms. The molecule has 2 aliphatic rings. The van der Waals surface area contributed by atoms with Crippen molar-refractivity contribution in [3.05, 3.63) is 0 Å². The zero-order chi connectivity index (χ0) is 13.3. The maximum Gasteiger partial charge on any atom is 0.228 e. The lowest BCUT2D eigenvalue weighted by molar-refractivity contribution is -0.135. The topological polar surface area (TPSA) is 60.9 Å². The van der Waals surface area contributed by atoms with Gasteiger partial charge in [0.25, 0.3) is 0 Å². The summed E-state index contributed by atoms with van der Waals surface area (Å²) in [5, 5.41) is 9.09. The first-order valence-electron chi connectivity index (χ1n) is 6.72. The van der Waals surface area contributed by atoms with Crippen molar-refractivity contribution in [3.8, 4) is 0 Å². The van der Waals surface area contributed by atoms with Crippen molar-refractivity contribution < 1.29 is 14.7 Å². The number of nitrogens with zero attached hydrogens (tertiary/aromatic N) is 2. The minimum atomic E-state index is -0.183. The van der Waals surface area contributed by atoms with E-state index < -0.39 is 0 Å². The molecule has 0 bridgehead atoms. The second-order valence-electron chi connectivity index (χ2n) is 5.66. The fraction of sp³-hybridized carbons (Fsp3) is 0.846. The van der Waals surface area contributed by atoms with E-state index in [0.29, 0.717) is 19.5 Å². The van der Waals surface area contributed by atoms with E-state index in [1.807, 2.05) is 18.7 Å². The summed E-state index contributed by atoms with van der Waals surface area (Å²) in [6.07, 6.45) is 1.22. The molecular formula is C13H22N2O3. The van der Waals surface area contributed by atoms with Gasteiger partial charge >= 0.3 is 0 Å². The van der Waals surface area contributed by atoms with E-state index in [2.05, 4.69) is 0 Å². The van der Waals surface area contributed by atoms with E-state index >= 15 is 0 Å². The van der Waals surface area contributed by atoms with Crippen LogP contribution in [0.25, 0.3) is 0 Å². The summed E-state index contributed by atoms with van der Waals surface area (Å²) >= 11 is 0. The highest BCUT2D eigenvalue weighted by atomic mass is 16.3. The third kappa shape index (κ3) is 2.51. The van der Waals surface area contributed by atoms with Gasteiger partial charge in [0.05, 0.1) is 5.92 Å². The molecular weight excluding hydrogens is 232 g/mol. The van der Waals surface area contributed by atoms with Gasteiger partial charge in [0, 0.05) is 44.6 Å². The zero-order valence-corrected chi connectivity index (χ0v) is 11.1. The number of aliphatic hydroxyl groups is 1. The highest BCUT2D eigenvalue weighted by Gasteiger charge is 2.39. The third-order valence-electron chi connectivity index (χ3n) is 3.99. The highest BCUT2D eigenvalue weighted by Crippen LogP contribution is 2.25. The Labute approximate surface area is 108 Å². The van der Waals surface area contributed by atoms with Crippen LogP contribution in [-0.4, -0.2) is 59.0 Å². The van der Waals surface area contributed by atoms with E-state index in [0.717, 1.165) is 13.0 Å². The Bertz CT molecular complexity index is 343. The van der Waals surface area contributed by atoms with Gasteiger partial charge in [0.2, 0.25) is 11.8 Å². The number of carbonyl (C=O) groups excluding carboxylic acids is 2. The number of hydrogen-bond acceptors (Lipinski definition) is 3. The standard InChI is InChI=1S/C13H22N2O3/c1-9(2)15-7-11(5-12(15)17)13(18)14-4-3-10(6-14)8-16/h9-11,16H,3-8H2,1-2H3. The quantitative estimate of drug-likeness (QED) is 0.776. The number of rotatable bonds is 3. The fourth-order valence-electron chi connectivity index (χ4n) is 2.84. The van der Waals surface area contributed by atoms with Crippen LogP contribution in [0.3, 0.4) is 0 Å². The lowest BCUT2D eigenvalue weighted by atomic mass is 10.1. The molecule has 2 saturated heterocycles. The van der Waals surface area contributed by atoms with E-state index in [9.17, 15) is 9.59 Å². The Morgan fingerprint density at radius 2 is 2.17 bits per heavy atom. The first kappa shape index (κ1) is 13.3. The van der Waals surface area contributed by atoms with Gasteiger partial charge in [-0.3, -0.25) is 9.59 Å². The number of carbonyl (C=O) groups is 2. The van der Waals surface area contributed by atoms with Crippen LogP contribution in [0.5, 0.6) is 0 Å². The molecule has 1 N–H and O–H groups in total. The monoisotopic (exact) mass is 254 g/mol. The van der Waals surface area contributed by atoms with Crippen LogP contribution in [0.4, 0.5) is 0 Å². The molecule has 102 valence electrons. The van der Waals surface area contributed by atoms with Crippen molar-refractivity contribution in [2.45, 2.75) is 32.7 Å². The van der Waals surface area contributed by atoms with Crippen molar-refractivity contribution in [3.63, 3.8) is 0 Å². The lowest BCUT2D eigenvalue weighted by Gasteiger charge is -2.23. The average Bonchev–Trinajstić information content (AvgIpc) is 2.94. The van der Waals surface area contributed by atoms with Crippen molar-refractivity contribution in [2.75, 3.05) is 26.2 Å². The molecule has 2 amide bonds. The summed E-state index contributed by atoms with van der Waals surface area (Å²) in [4.78, 5) is 27.7. The Morgan fingerprint density at radius 3 is 2.67 bits per heavy atom. The Morgan fingerprint density at radius 1 is 1.44 bits per heavy atom. The van der Waals surface area contributed by atoms with Crippen molar-refractivity contribution in [1.82, 2.24) is 9.80 Å². The van der Waals surface area contributed by atoms with E-state index in [-0.39, 0.29) is 36.3 Å². The molecule has 0 radical (unpaired) electrons. The fourth-order valence-corrected chi connectivity index (χ4v) is 2.84. The molecule has 0 aromatic heterocycles. The Hall–Kier alpha value is -1.10. The predicted molar refractivity (Wildman–Crippen MR) is 66.7 cm³/mol. The zero-order valence-electron chi connectivity index (χ0n) is 11.1. The van der Waals surface area contributed by atoms with Crippen LogP contribution in [0, 0.1) is 11.8 Å². The maximum absolute atomic E-state index is 12.3. The molecule has 2 aliphatic heterocycles. The summed E-state index contributed by atoms with van der Waals surface area (Å²) in [5.74, 6) is 0.202. The van der Waals surface area contributed by atoms with Gasteiger partial charge in [-0.25, -0.2) is 0 Å². The van der Waals surface area contributed by atoms with Crippen LogP contribution in [0.2, 0.25) is 0 Å². The smallest absolute Gasteiger partial charge is 0.228 e. The lowest BCUT2D eigenvalue weighted by Crippen LogP contribution is -2.37. The third-order valence-corrected chi connectivity index (χ3v) is 3.99. The molecule has 2 heterocycles. The Balaban J connectivity index is 1.93. The molecule has 0 aliphatic carbocycles. The van der Waals surface area contributed by atoms with Crippen molar-refractivity contribution >= 4 is 11.8 Å². The normalized spacial score (nSPS) is 28.6. The molecule has 0 aromatic rings. The minimum Gasteiger partial charge on any atom is -0.396 e. The highest BCUT2D eigenvalue weighted by molar-refractivity contribution is 5.89. The van der Waals surface area contributed by atoms with Gasteiger partial charge in [-0.1, -0.05) is 0 Å². The van der Waals surface area contributed by atoms with Crippen LogP contribution in [-0.2, 0) is 9.59 Å². The summed E-state index contributed by atoms with van der Waals surface area (Å²) in [6.45, 7) is 6.00. The molecule has 2 fully saturated rings. The molecule has 0 spiro atoms. The van der Waals surface area contributed by atoms with Crippen LogP contribution in [0.1, 0.15) is 26.7 Å². The van der Waals surface area contributed by atoms with Crippen LogP contribution in [0.15, 0.2) is 0 Å². The van der Waals surface area contributed by atoms with Gasteiger partial charge in [0.15, 0.2) is 0 Å². The summed E-state index contributed by atoms with van der Waals surface area (Å²) in [5.41, 5.74) is 0. The Kier molecular flexibility index (Phi) is 3.90. The van der Waals surface area contributed by atoms with Gasteiger partial charge in [0.1, 0.15) is 0 Å². The average molecular weight is 254 g/mol. The minimum absolute atomic E-state index is 0.0845. The largest absolute Gasteiger partial charge is 0.396 e. The first-order valence-corrected chi connectivity index (χ1v) is 6.72. The van der Waals surface area contributed by atoms with E-state index in [1.54, 1.807) is 4.90 Å². The molecule has 5 nitrogen and oxygen atoms in total. The van der Waals surface area contributed by atoms with Gasteiger partial charge in [-0.05, 0) is 20.3 Å². The second-order valence-corrected chi connectivity index (χ2v) is 5.66. The summed E-state index contributed by atoms with van der Waals surface area (Å²) < 4.78 is 0. The molecule has 2 rings (SSSR count).